The monoisotopic (exact) mass is 323 g/mol. The second-order valence-corrected chi connectivity index (χ2v) is 5.20. The van der Waals surface area contributed by atoms with E-state index in [1.807, 2.05) is 12.1 Å². The summed E-state index contributed by atoms with van der Waals surface area (Å²) in [6.07, 6.45) is 2.74. The number of benzene rings is 2. The van der Waals surface area contributed by atoms with Crippen molar-refractivity contribution in [3.05, 3.63) is 66.5 Å². The Morgan fingerprint density at radius 1 is 1.00 bits per heavy atom. The fraction of sp³-hybridized carbons (Fsp3) is 0. The molecular formula is C17H11F2N5. The molecule has 5 nitrogen and oxygen atoms in total. The van der Waals surface area contributed by atoms with Crippen LogP contribution in [0.25, 0.3) is 22.3 Å². The van der Waals surface area contributed by atoms with Crippen LogP contribution in [0.2, 0.25) is 0 Å². The SMILES string of the molecule is Fc1cccc(-c2ncc(F)c(Nc3ccc4[nH]ncc4c3)n2)c1. The summed E-state index contributed by atoms with van der Waals surface area (Å²) in [4.78, 5) is 8.09. The van der Waals surface area contributed by atoms with Crippen molar-refractivity contribution in [2.45, 2.75) is 0 Å². The summed E-state index contributed by atoms with van der Waals surface area (Å²) in [5, 5.41) is 10.6. The first-order chi connectivity index (χ1) is 11.7. The van der Waals surface area contributed by atoms with E-state index in [1.54, 1.807) is 24.4 Å². The molecule has 0 aliphatic rings. The van der Waals surface area contributed by atoms with E-state index < -0.39 is 11.6 Å². The van der Waals surface area contributed by atoms with E-state index in [9.17, 15) is 8.78 Å². The quantitative estimate of drug-likeness (QED) is 0.597. The van der Waals surface area contributed by atoms with Crippen LogP contribution in [0.3, 0.4) is 0 Å². The predicted molar refractivity (Wildman–Crippen MR) is 86.8 cm³/mol. The molecule has 0 atom stereocenters. The molecule has 0 saturated carbocycles. The predicted octanol–water partition coefficient (Wildman–Crippen LogP) is 4.04. The molecule has 24 heavy (non-hydrogen) atoms. The summed E-state index contributed by atoms with van der Waals surface area (Å²) in [5.74, 6) is -0.738. The Hall–Kier alpha value is -3.35. The molecule has 0 amide bonds. The van der Waals surface area contributed by atoms with Crippen LogP contribution >= 0.6 is 0 Å². The Labute approximate surface area is 135 Å². The van der Waals surface area contributed by atoms with Crippen molar-refractivity contribution < 1.29 is 8.78 Å². The number of hydrogen-bond acceptors (Lipinski definition) is 4. The highest BCUT2D eigenvalue weighted by molar-refractivity contribution is 5.82. The second-order valence-electron chi connectivity index (χ2n) is 5.20. The van der Waals surface area contributed by atoms with Crippen LogP contribution in [-0.4, -0.2) is 20.2 Å². The summed E-state index contributed by atoms with van der Waals surface area (Å²) < 4.78 is 27.4. The molecule has 7 heteroatoms. The van der Waals surface area contributed by atoms with Gasteiger partial charge in [0.1, 0.15) is 5.82 Å². The Bertz CT molecular complexity index is 1030. The van der Waals surface area contributed by atoms with Gasteiger partial charge in [0.2, 0.25) is 0 Å². The molecule has 0 aliphatic heterocycles. The van der Waals surface area contributed by atoms with Gasteiger partial charge in [-0.25, -0.2) is 18.7 Å². The average Bonchev–Trinajstić information content (AvgIpc) is 3.04. The molecule has 4 rings (SSSR count). The van der Waals surface area contributed by atoms with Gasteiger partial charge in [0.05, 0.1) is 17.9 Å². The Morgan fingerprint density at radius 3 is 2.79 bits per heavy atom. The van der Waals surface area contributed by atoms with E-state index in [2.05, 4.69) is 25.5 Å². The van der Waals surface area contributed by atoms with Crippen LogP contribution in [-0.2, 0) is 0 Å². The zero-order valence-electron chi connectivity index (χ0n) is 12.3. The van der Waals surface area contributed by atoms with Gasteiger partial charge < -0.3 is 5.32 Å². The molecule has 118 valence electrons. The number of aromatic nitrogens is 4. The van der Waals surface area contributed by atoms with Gasteiger partial charge >= 0.3 is 0 Å². The number of hydrogen-bond donors (Lipinski definition) is 2. The van der Waals surface area contributed by atoms with Crippen LogP contribution in [0.1, 0.15) is 0 Å². The second kappa shape index (κ2) is 5.69. The molecule has 4 aromatic rings. The molecule has 0 unspecified atom stereocenters. The molecule has 0 spiro atoms. The van der Waals surface area contributed by atoms with Crippen molar-refractivity contribution in [3.8, 4) is 11.4 Å². The van der Waals surface area contributed by atoms with Crippen LogP contribution < -0.4 is 5.32 Å². The smallest absolute Gasteiger partial charge is 0.184 e. The summed E-state index contributed by atoms with van der Waals surface area (Å²) in [6, 6.07) is 11.3. The highest BCUT2D eigenvalue weighted by Crippen LogP contribution is 2.24. The highest BCUT2D eigenvalue weighted by Gasteiger charge is 2.10. The van der Waals surface area contributed by atoms with Crippen LogP contribution in [0, 0.1) is 11.6 Å². The lowest BCUT2D eigenvalue weighted by Crippen LogP contribution is -2.00. The van der Waals surface area contributed by atoms with Gasteiger partial charge in [0.15, 0.2) is 17.5 Å². The van der Waals surface area contributed by atoms with Crippen molar-refractivity contribution in [2.24, 2.45) is 0 Å². The first-order valence-electron chi connectivity index (χ1n) is 7.18. The molecule has 0 fully saturated rings. The van der Waals surface area contributed by atoms with E-state index in [-0.39, 0.29) is 11.6 Å². The molecule has 2 heterocycles. The molecule has 2 N–H and O–H groups in total. The summed E-state index contributed by atoms with van der Waals surface area (Å²) in [5.41, 5.74) is 2.01. The lowest BCUT2D eigenvalue weighted by Gasteiger charge is -2.08. The van der Waals surface area contributed by atoms with Gasteiger partial charge in [-0.2, -0.15) is 5.10 Å². The molecule has 2 aromatic carbocycles. The van der Waals surface area contributed by atoms with Gasteiger partial charge in [-0.1, -0.05) is 12.1 Å². The number of nitrogens with one attached hydrogen (secondary N) is 2. The van der Waals surface area contributed by atoms with E-state index in [0.717, 1.165) is 17.1 Å². The third-order valence-electron chi connectivity index (χ3n) is 3.53. The molecule has 0 aliphatic carbocycles. The Kier molecular flexibility index (Phi) is 3.38. The minimum absolute atomic E-state index is 0.0205. The topological polar surface area (TPSA) is 66.5 Å². The standard InChI is InChI=1S/C17H11F2N5/c18-12-3-1-2-10(6-12)16-20-9-14(19)17(23-16)22-13-4-5-15-11(7-13)8-21-24-15/h1-9H,(H,21,24)(H,20,22,23). The third kappa shape index (κ3) is 2.67. The average molecular weight is 323 g/mol. The number of aromatic amines is 1. The van der Waals surface area contributed by atoms with Gasteiger partial charge in [0, 0.05) is 16.6 Å². The van der Waals surface area contributed by atoms with E-state index in [1.165, 1.54) is 12.1 Å². The molecule has 0 saturated heterocycles. The summed E-state index contributed by atoms with van der Waals surface area (Å²) in [7, 11) is 0. The van der Waals surface area contributed by atoms with Crippen molar-refractivity contribution in [3.63, 3.8) is 0 Å². The van der Waals surface area contributed by atoms with Gasteiger partial charge in [-0.3, -0.25) is 5.10 Å². The maximum absolute atomic E-state index is 14.0. The summed E-state index contributed by atoms with van der Waals surface area (Å²) in [6.45, 7) is 0. The van der Waals surface area contributed by atoms with Crippen molar-refractivity contribution in [1.29, 1.82) is 0 Å². The minimum Gasteiger partial charge on any atom is -0.338 e. The maximum atomic E-state index is 14.0. The highest BCUT2D eigenvalue weighted by atomic mass is 19.1. The number of H-pyrrole nitrogens is 1. The molecule has 0 radical (unpaired) electrons. The number of nitrogens with zero attached hydrogens (tertiary/aromatic N) is 3. The van der Waals surface area contributed by atoms with Crippen LogP contribution in [0.5, 0.6) is 0 Å². The normalized spacial score (nSPS) is 10.9. The Morgan fingerprint density at radius 2 is 1.92 bits per heavy atom. The van der Waals surface area contributed by atoms with Crippen molar-refractivity contribution in [2.75, 3.05) is 5.32 Å². The van der Waals surface area contributed by atoms with E-state index >= 15 is 0 Å². The number of anilines is 2. The number of fused-ring (bicyclic) bond motifs is 1. The Balaban J connectivity index is 1.70. The summed E-state index contributed by atoms with van der Waals surface area (Å²) >= 11 is 0. The zero-order chi connectivity index (χ0) is 16.5. The van der Waals surface area contributed by atoms with Crippen LogP contribution in [0.4, 0.5) is 20.3 Å². The third-order valence-corrected chi connectivity index (χ3v) is 3.53. The fourth-order valence-corrected chi connectivity index (χ4v) is 2.38. The van der Waals surface area contributed by atoms with Crippen LogP contribution in [0.15, 0.2) is 54.9 Å². The molecule has 2 aromatic heterocycles. The van der Waals surface area contributed by atoms with Gasteiger partial charge in [-0.05, 0) is 30.3 Å². The van der Waals surface area contributed by atoms with Crippen molar-refractivity contribution >= 4 is 22.4 Å². The van der Waals surface area contributed by atoms with Gasteiger partial charge in [0.25, 0.3) is 0 Å². The lowest BCUT2D eigenvalue weighted by molar-refractivity contribution is 0.619. The zero-order valence-corrected chi connectivity index (χ0v) is 12.3. The van der Waals surface area contributed by atoms with Gasteiger partial charge in [-0.15, -0.1) is 0 Å². The van der Waals surface area contributed by atoms with E-state index in [4.69, 9.17) is 0 Å². The maximum Gasteiger partial charge on any atom is 0.184 e. The minimum atomic E-state index is -0.595. The first kappa shape index (κ1) is 14.3. The first-order valence-corrected chi connectivity index (χ1v) is 7.18. The largest absolute Gasteiger partial charge is 0.338 e. The lowest BCUT2D eigenvalue weighted by atomic mass is 10.2. The molecule has 0 bridgehead atoms. The van der Waals surface area contributed by atoms with E-state index in [0.29, 0.717) is 11.3 Å². The number of rotatable bonds is 3. The fourth-order valence-electron chi connectivity index (χ4n) is 2.38. The number of halogens is 2. The molecular weight excluding hydrogens is 312 g/mol. The van der Waals surface area contributed by atoms with Crippen molar-refractivity contribution in [1.82, 2.24) is 20.2 Å².